The number of nitro benzene ring substituents is 1. The van der Waals surface area contributed by atoms with Gasteiger partial charge in [-0.15, -0.1) is 0 Å². The van der Waals surface area contributed by atoms with Gasteiger partial charge in [0.2, 0.25) is 0 Å². The first-order valence-electron chi connectivity index (χ1n) is 5.97. The molecule has 0 N–H and O–H groups in total. The summed E-state index contributed by atoms with van der Waals surface area (Å²) >= 11 is 0. The molecular weight excluding hydrogens is 256 g/mol. The standard InChI is InChI=1S/C15H12N2O3/c1-11-6-7-15(14(8-11)17(18)19)20-10-13-5-3-2-4-12(13)9-16/h2-8H,10H2,1H3. The van der Waals surface area contributed by atoms with E-state index in [1.165, 1.54) is 6.07 Å². The van der Waals surface area contributed by atoms with E-state index in [1.54, 1.807) is 43.3 Å². The number of hydrogen-bond acceptors (Lipinski definition) is 4. The molecule has 0 spiro atoms. The fourth-order valence-corrected chi connectivity index (χ4v) is 1.80. The smallest absolute Gasteiger partial charge is 0.311 e. The molecule has 20 heavy (non-hydrogen) atoms. The minimum absolute atomic E-state index is 0.0700. The lowest BCUT2D eigenvalue weighted by Gasteiger charge is -2.08. The van der Waals surface area contributed by atoms with Gasteiger partial charge in [-0.2, -0.15) is 5.26 Å². The minimum atomic E-state index is -0.474. The van der Waals surface area contributed by atoms with Crippen LogP contribution in [0.2, 0.25) is 0 Å². The predicted molar refractivity (Wildman–Crippen MR) is 73.3 cm³/mol. The van der Waals surface area contributed by atoms with Crippen molar-refractivity contribution in [3.63, 3.8) is 0 Å². The molecule has 0 saturated carbocycles. The van der Waals surface area contributed by atoms with Crippen LogP contribution in [0.15, 0.2) is 42.5 Å². The van der Waals surface area contributed by atoms with Crippen LogP contribution in [0.25, 0.3) is 0 Å². The molecule has 0 atom stereocenters. The highest BCUT2D eigenvalue weighted by Crippen LogP contribution is 2.28. The van der Waals surface area contributed by atoms with Crippen LogP contribution in [0.4, 0.5) is 5.69 Å². The van der Waals surface area contributed by atoms with Crippen molar-refractivity contribution in [3.8, 4) is 11.8 Å². The lowest BCUT2D eigenvalue weighted by Crippen LogP contribution is -2.01. The molecule has 2 aromatic carbocycles. The van der Waals surface area contributed by atoms with E-state index in [0.29, 0.717) is 11.1 Å². The molecule has 0 aliphatic rings. The van der Waals surface area contributed by atoms with Crippen LogP contribution >= 0.6 is 0 Å². The van der Waals surface area contributed by atoms with E-state index in [9.17, 15) is 10.1 Å². The largest absolute Gasteiger partial charge is 0.482 e. The maximum atomic E-state index is 11.0. The Morgan fingerprint density at radius 1 is 1.30 bits per heavy atom. The Balaban J connectivity index is 2.24. The molecule has 0 unspecified atom stereocenters. The minimum Gasteiger partial charge on any atom is -0.482 e. The maximum Gasteiger partial charge on any atom is 0.311 e. The average molecular weight is 268 g/mol. The van der Waals surface area contributed by atoms with Gasteiger partial charge in [-0.25, -0.2) is 0 Å². The Bertz CT molecular complexity index is 690. The Morgan fingerprint density at radius 2 is 2.05 bits per heavy atom. The predicted octanol–water partition coefficient (Wildman–Crippen LogP) is 3.35. The van der Waals surface area contributed by atoms with Gasteiger partial charge in [-0.1, -0.05) is 24.3 Å². The van der Waals surface area contributed by atoms with Crippen LogP contribution < -0.4 is 4.74 Å². The normalized spacial score (nSPS) is 9.80. The van der Waals surface area contributed by atoms with Crippen molar-refractivity contribution in [2.45, 2.75) is 13.5 Å². The number of nitro groups is 1. The van der Waals surface area contributed by atoms with E-state index in [-0.39, 0.29) is 18.0 Å². The van der Waals surface area contributed by atoms with Crippen LogP contribution in [-0.2, 0) is 6.61 Å². The monoisotopic (exact) mass is 268 g/mol. The lowest BCUT2D eigenvalue weighted by atomic mass is 10.1. The Labute approximate surface area is 116 Å². The summed E-state index contributed by atoms with van der Waals surface area (Å²) in [6.07, 6.45) is 0. The van der Waals surface area contributed by atoms with Crippen LogP contribution in [0.3, 0.4) is 0 Å². The fraction of sp³-hybridized carbons (Fsp3) is 0.133. The number of nitriles is 1. The summed E-state index contributed by atoms with van der Waals surface area (Å²) in [6.45, 7) is 1.90. The first-order chi connectivity index (χ1) is 9.61. The molecule has 0 fully saturated rings. The van der Waals surface area contributed by atoms with Crippen molar-refractivity contribution in [2.75, 3.05) is 0 Å². The Hall–Kier alpha value is -2.87. The summed E-state index contributed by atoms with van der Waals surface area (Å²) in [6, 6.07) is 13.8. The molecular formula is C15H12N2O3. The van der Waals surface area contributed by atoms with Crippen LogP contribution in [0.5, 0.6) is 5.75 Å². The lowest BCUT2D eigenvalue weighted by molar-refractivity contribution is -0.386. The van der Waals surface area contributed by atoms with Crippen LogP contribution in [0.1, 0.15) is 16.7 Å². The molecule has 5 nitrogen and oxygen atoms in total. The van der Waals surface area contributed by atoms with Crippen molar-refractivity contribution >= 4 is 5.69 Å². The van der Waals surface area contributed by atoms with Crippen molar-refractivity contribution < 1.29 is 9.66 Å². The topological polar surface area (TPSA) is 76.2 Å². The summed E-state index contributed by atoms with van der Waals surface area (Å²) in [4.78, 5) is 10.5. The average Bonchev–Trinajstić information content (AvgIpc) is 2.46. The molecule has 100 valence electrons. The summed E-state index contributed by atoms with van der Waals surface area (Å²) in [5.74, 6) is 0.202. The first kappa shape index (κ1) is 13.6. The zero-order chi connectivity index (χ0) is 14.5. The summed E-state index contributed by atoms with van der Waals surface area (Å²) in [5.41, 5.74) is 1.92. The van der Waals surface area contributed by atoms with Crippen molar-refractivity contribution in [1.82, 2.24) is 0 Å². The summed E-state index contributed by atoms with van der Waals surface area (Å²) in [7, 11) is 0. The van der Waals surface area contributed by atoms with Gasteiger partial charge in [-0.05, 0) is 24.6 Å². The second-order valence-electron chi connectivity index (χ2n) is 4.29. The second kappa shape index (κ2) is 5.85. The van der Waals surface area contributed by atoms with E-state index in [2.05, 4.69) is 6.07 Å². The maximum absolute atomic E-state index is 11.0. The molecule has 0 saturated heterocycles. The van der Waals surface area contributed by atoms with Gasteiger partial charge in [0.25, 0.3) is 0 Å². The molecule has 2 rings (SSSR count). The third-order valence-corrected chi connectivity index (χ3v) is 2.83. The van der Waals surface area contributed by atoms with Gasteiger partial charge < -0.3 is 4.74 Å². The molecule has 0 heterocycles. The first-order valence-corrected chi connectivity index (χ1v) is 5.97. The van der Waals surface area contributed by atoms with E-state index >= 15 is 0 Å². The molecule has 0 bridgehead atoms. The molecule has 5 heteroatoms. The van der Waals surface area contributed by atoms with Crippen LogP contribution in [0, 0.1) is 28.4 Å². The van der Waals surface area contributed by atoms with Gasteiger partial charge in [0.05, 0.1) is 16.6 Å². The van der Waals surface area contributed by atoms with E-state index in [0.717, 1.165) is 5.56 Å². The Kier molecular flexibility index (Phi) is 3.96. The Morgan fingerprint density at radius 3 is 2.75 bits per heavy atom. The highest BCUT2D eigenvalue weighted by molar-refractivity contribution is 5.48. The van der Waals surface area contributed by atoms with Gasteiger partial charge in [0, 0.05) is 11.6 Å². The van der Waals surface area contributed by atoms with E-state index in [4.69, 9.17) is 10.00 Å². The van der Waals surface area contributed by atoms with Gasteiger partial charge in [0.1, 0.15) is 6.61 Å². The zero-order valence-corrected chi connectivity index (χ0v) is 10.9. The zero-order valence-electron chi connectivity index (χ0n) is 10.9. The molecule has 0 aliphatic heterocycles. The second-order valence-corrected chi connectivity index (χ2v) is 4.29. The van der Waals surface area contributed by atoms with E-state index < -0.39 is 4.92 Å². The van der Waals surface area contributed by atoms with Gasteiger partial charge in [-0.3, -0.25) is 10.1 Å². The highest BCUT2D eigenvalue weighted by Gasteiger charge is 2.15. The molecule has 0 amide bonds. The summed E-state index contributed by atoms with van der Waals surface area (Å²) in [5, 5.41) is 20.0. The third-order valence-electron chi connectivity index (χ3n) is 2.83. The summed E-state index contributed by atoms with van der Waals surface area (Å²) < 4.78 is 5.49. The van der Waals surface area contributed by atoms with Crippen molar-refractivity contribution in [3.05, 3.63) is 69.3 Å². The van der Waals surface area contributed by atoms with Gasteiger partial charge >= 0.3 is 5.69 Å². The molecule has 2 aromatic rings. The van der Waals surface area contributed by atoms with Crippen LogP contribution in [-0.4, -0.2) is 4.92 Å². The SMILES string of the molecule is Cc1ccc(OCc2ccccc2C#N)c([N+](=O)[O-])c1. The van der Waals surface area contributed by atoms with E-state index in [1.807, 2.05) is 0 Å². The number of nitrogens with zero attached hydrogens (tertiary/aromatic N) is 2. The fourth-order valence-electron chi connectivity index (χ4n) is 1.80. The number of benzene rings is 2. The van der Waals surface area contributed by atoms with Crippen molar-refractivity contribution in [2.24, 2.45) is 0 Å². The quantitative estimate of drug-likeness (QED) is 0.629. The number of rotatable bonds is 4. The number of aryl methyl sites for hydroxylation is 1. The molecule has 0 aliphatic carbocycles. The van der Waals surface area contributed by atoms with Gasteiger partial charge in [0.15, 0.2) is 5.75 Å². The highest BCUT2D eigenvalue weighted by atomic mass is 16.6. The number of ether oxygens (including phenoxy) is 1. The third kappa shape index (κ3) is 2.93. The van der Waals surface area contributed by atoms with Crippen molar-refractivity contribution in [1.29, 1.82) is 5.26 Å². The molecule has 0 radical (unpaired) electrons. The number of hydrogen-bond donors (Lipinski definition) is 0. The molecule has 0 aromatic heterocycles.